The van der Waals surface area contributed by atoms with E-state index < -0.39 is 0 Å². The maximum Gasteiger partial charge on any atom is 0.275 e. The molecule has 2 rings (SSSR count). The van der Waals surface area contributed by atoms with Gasteiger partial charge in [-0.3, -0.25) is 4.79 Å². The summed E-state index contributed by atoms with van der Waals surface area (Å²) in [4.78, 5) is 11.9. The molecule has 0 fully saturated rings. The van der Waals surface area contributed by atoms with Gasteiger partial charge in [-0.2, -0.15) is 0 Å². The van der Waals surface area contributed by atoms with E-state index in [1.807, 2.05) is 47.8 Å². The third-order valence-electron chi connectivity index (χ3n) is 3.43. The van der Waals surface area contributed by atoms with Crippen molar-refractivity contribution in [2.75, 3.05) is 6.54 Å². The van der Waals surface area contributed by atoms with E-state index in [-0.39, 0.29) is 11.9 Å². The Hall–Kier alpha value is -1.36. The first-order valence-corrected chi connectivity index (χ1v) is 8.32. The summed E-state index contributed by atoms with van der Waals surface area (Å²) in [5.74, 6) is 0.0129. The minimum atomic E-state index is 0.0129. The molecule has 3 N–H and O–H groups in total. The lowest BCUT2D eigenvalue weighted by atomic mass is 10.1. The molecule has 2 aromatic rings. The Bertz CT molecular complexity index is 648. The van der Waals surface area contributed by atoms with E-state index >= 15 is 0 Å². The Morgan fingerprint density at radius 2 is 2.05 bits per heavy atom. The number of carbonyl (C=O) groups excluding carboxylic acids is 1. The van der Waals surface area contributed by atoms with Gasteiger partial charge in [0.1, 0.15) is 6.04 Å². The maximum atomic E-state index is 11.9. The fourth-order valence-electron chi connectivity index (χ4n) is 2.17. The van der Waals surface area contributed by atoms with Gasteiger partial charge < -0.3 is 10.6 Å². The molecule has 22 heavy (non-hydrogen) atoms. The molecule has 0 aromatic heterocycles. The van der Waals surface area contributed by atoms with Crippen LogP contribution in [0.3, 0.4) is 0 Å². The van der Waals surface area contributed by atoms with E-state index in [1.165, 1.54) is 5.56 Å². The SMILES string of the molecule is C[C@H]([NH2+]CC(=O)NCc1cccc(Cl)c1)c1ccccc1Br. The molecule has 0 bridgehead atoms. The molecule has 0 radical (unpaired) electrons. The van der Waals surface area contributed by atoms with Crippen LogP contribution < -0.4 is 10.6 Å². The fourth-order valence-corrected chi connectivity index (χ4v) is 3.03. The van der Waals surface area contributed by atoms with Gasteiger partial charge in [0.05, 0.1) is 0 Å². The van der Waals surface area contributed by atoms with Crippen LogP contribution in [0.25, 0.3) is 0 Å². The zero-order valence-electron chi connectivity index (χ0n) is 12.4. The normalized spacial score (nSPS) is 12.0. The zero-order valence-corrected chi connectivity index (χ0v) is 14.7. The number of nitrogens with two attached hydrogens (primary N) is 1. The molecule has 0 saturated carbocycles. The molecular weight excluding hydrogens is 364 g/mol. The van der Waals surface area contributed by atoms with Crippen molar-refractivity contribution in [2.24, 2.45) is 0 Å². The van der Waals surface area contributed by atoms with Gasteiger partial charge in [-0.15, -0.1) is 0 Å². The van der Waals surface area contributed by atoms with Crippen LogP contribution in [0.4, 0.5) is 0 Å². The van der Waals surface area contributed by atoms with E-state index in [0.717, 1.165) is 10.0 Å². The molecule has 0 aliphatic heterocycles. The molecule has 0 saturated heterocycles. The van der Waals surface area contributed by atoms with Crippen LogP contribution in [0.2, 0.25) is 5.02 Å². The highest BCUT2D eigenvalue weighted by atomic mass is 79.9. The van der Waals surface area contributed by atoms with Gasteiger partial charge in [-0.1, -0.05) is 57.9 Å². The van der Waals surface area contributed by atoms with Gasteiger partial charge in [0.15, 0.2) is 6.54 Å². The molecule has 0 aliphatic rings. The first-order valence-electron chi connectivity index (χ1n) is 7.15. The molecule has 2 aromatic carbocycles. The summed E-state index contributed by atoms with van der Waals surface area (Å²) in [5.41, 5.74) is 2.19. The number of amides is 1. The van der Waals surface area contributed by atoms with Gasteiger partial charge >= 0.3 is 0 Å². The number of hydrogen-bond donors (Lipinski definition) is 2. The Labute approximate surface area is 144 Å². The minimum Gasteiger partial charge on any atom is -0.347 e. The Balaban J connectivity index is 1.79. The van der Waals surface area contributed by atoms with Crippen LogP contribution in [0.15, 0.2) is 53.0 Å². The van der Waals surface area contributed by atoms with Crippen LogP contribution in [0, 0.1) is 0 Å². The molecule has 1 amide bonds. The lowest BCUT2D eigenvalue weighted by Gasteiger charge is -2.12. The Morgan fingerprint density at radius 3 is 2.77 bits per heavy atom. The second-order valence-corrected chi connectivity index (χ2v) is 6.45. The summed E-state index contributed by atoms with van der Waals surface area (Å²) in [5, 5.41) is 5.61. The second-order valence-electron chi connectivity index (χ2n) is 5.16. The van der Waals surface area contributed by atoms with Crippen molar-refractivity contribution < 1.29 is 10.1 Å². The molecule has 0 spiro atoms. The number of nitrogens with one attached hydrogen (secondary N) is 1. The van der Waals surface area contributed by atoms with E-state index in [9.17, 15) is 4.79 Å². The fraction of sp³-hybridized carbons (Fsp3) is 0.235. The van der Waals surface area contributed by atoms with Crippen molar-refractivity contribution in [3.05, 3.63) is 69.2 Å². The van der Waals surface area contributed by atoms with E-state index in [4.69, 9.17) is 11.6 Å². The molecule has 5 heteroatoms. The summed E-state index contributed by atoms with van der Waals surface area (Å²) in [6.07, 6.45) is 0. The lowest BCUT2D eigenvalue weighted by molar-refractivity contribution is -0.682. The van der Waals surface area contributed by atoms with Crippen molar-refractivity contribution in [1.29, 1.82) is 0 Å². The molecule has 0 unspecified atom stereocenters. The third-order valence-corrected chi connectivity index (χ3v) is 4.39. The van der Waals surface area contributed by atoms with Crippen LogP contribution >= 0.6 is 27.5 Å². The molecular formula is C17H19BrClN2O+. The summed E-state index contributed by atoms with van der Waals surface area (Å²) >= 11 is 9.46. The van der Waals surface area contributed by atoms with Crippen molar-refractivity contribution in [3.63, 3.8) is 0 Å². The highest BCUT2D eigenvalue weighted by Gasteiger charge is 2.13. The van der Waals surface area contributed by atoms with Crippen molar-refractivity contribution in [2.45, 2.75) is 19.5 Å². The number of rotatable bonds is 6. The average molecular weight is 383 g/mol. The molecule has 3 nitrogen and oxygen atoms in total. The second kappa shape index (κ2) is 8.32. The van der Waals surface area contributed by atoms with Crippen LogP contribution in [-0.2, 0) is 11.3 Å². The van der Waals surface area contributed by atoms with Crippen LogP contribution in [0.1, 0.15) is 24.1 Å². The summed E-state index contributed by atoms with van der Waals surface area (Å²) < 4.78 is 1.07. The maximum absolute atomic E-state index is 11.9. The van der Waals surface area contributed by atoms with Crippen molar-refractivity contribution in [3.8, 4) is 0 Å². The molecule has 0 aliphatic carbocycles. The number of benzene rings is 2. The van der Waals surface area contributed by atoms with Crippen molar-refractivity contribution in [1.82, 2.24) is 5.32 Å². The number of quaternary nitrogens is 1. The van der Waals surface area contributed by atoms with Crippen LogP contribution in [0.5, 0.6) is 0 Å². The highest BCUT2D eigenvalue weighted by Crippen LogP contribution is 2.20. The summed E-state index contributed by atoms with van der Waals surface area (Å²) in [6, 6.07) is 15.8. The van der Waals surface area contributed by atoms with E-state index in [2.05, 4.69) is 34.2 Å². The van der Waals surface area contributed by atoms with Crippen molar-refractivity contribution >= 4 is 33.4 Å². The van der Waals surface area contributed by atoms with Gasteiger partial charge in [0.2, 0.25) is 0 Å². The van der Waals surface area contributed by atoms with Gasteiger partial charge in [0.25, 0.3) is 5.91 Å². The molecule has 116 valence electrons. The molecule has 0 heterocycles. The van der Waals surface area contributed by atoms with Gasteiger partial charge in [-0.05, 0) is 30.7 Å². The number of carbonyl (C=O) groups is 1. The topological polar surface area (TPSA) is 45.7 Å². The third kappa shape index (κ3) is 5.13. The van der Waals surface area contributed by atoms with Gasteiger partial charge in [-0.25, -0.2) is 0 Å². The number of halogens is 2. The zero-order chi connectivity index (χ0) is 15.9. The smallest absolute Gasteiger partial charge is 0.275 e. The minimum absolute atomic E-state index is 0.0129. The summed E-state index contributed by atoms with van der Waals surface area (Å²) in [6.45, 7) is 2.98. The first kappa shape index (κ1) is 17.0. The summed E-state index contributed by atoms with van der Waals surface area (Å²) in [7, 11) is 0. The predicted molar refractivity (Wildman–Crippen MR) is 92.6 cm³/mol. The van der Waals surface area contributed by atoms with Crippen LogP contribution in [-0.4, -0.2) is 12.5 Å². The average Bonchev–Trinajstić information content (AvgIpc) is 2.51. The standard InChI is InChI=1S/C17H18BrClN2O/c1-12(15-7-2-3-8-16(15)18)20-11-17(22)21-10-13-5-4-6-14(19)9-13/h2-9,12,20H,10-11H2,1H3,(H,21,22)/p+1/t12-/m0/s1. The van der Waals surface area contributed by atoms with E-state index in [1.54, 1.807) is 0 Å². The van der Waals surface area contributed by atoms with E-state index in [0.29, 0.717) is 18.1 Å². The predicted octanol–water partition coefficient (Wildman–Crippen LogP) is 3.04. The Kier molecular flexibility index (Phi) is 6.43. The molecule has 1 atom stereocenters. The quantitative estimate of drug-likeness (QED) is 0.792. The van der Waals surface area contributed by atoms with Gasteiger partial charge in [0, 0.05) is 21.6 Å². The largest absolute Gasteiger partial charge is 0.347 e. The first-order chi connectivity index (χ1) is 10.6. The highest BCUT2D eigenvalue weighted by molar-refractivity contribution is 9.10. The monoisotopic (exact) mass is 381 g/mol. The lowest BCUT2D eigenvalue weighted by Crippen LogP contribution is -2.87. The number of hydrogen-bond acceptors (Lipinski definition) is 1. The Morgan fingerprint density at radius 1 is 1.27 bits per heavy atom.